The normalized spacial score (nSPS) is 11.4. The Balaban J connectivity index is 2.42. The molecule has 21 heavy (non-hydrogen) atoms. The van der Waals surface area contributed by atoms with Gasteiger partial charge in [0.05, 0.1) is 5.75 Å². The van der Waals surface area contributed by atoms with E-state index in [9.17, 15) is 4.79 Å². The second kappa shape index (κ2) is 6.93. The van der Waals surface area contributed by atoms with Crippen molar-refractivity contribution in [1.82, 2.24) is 14.5 Å². The lowest BCUT2D eigenvalue weighted by molar-refractivity contribution is -0.133. The van der Waals surface area contributed by atoms with Crippen molar-refractivity contribution in [2.45, 2.75) is 45.3 Å². The zero-order valence-corrected chi connectivity index (χ0v) is 13.5. The van der Waals surface area contributed by atoms with Crippen molar-refractivity contribution in [3.63, 3.8) is 0 Å². The molecule has 2 rings (SSSR count). The van der Waals surface area contributed by atoms with E-state index in [0.29, 0.717) is 5.92 Å². The van der Waals surface area contributed by atoms with Crippen molar-refractivity contribution in [3.05, 3.63) is 17.8 Å². The monoisotopic (exact) mass is 307 g/mol. The molecule has 114 valence electrons. The van der Waals surface area contributed by atoms with E-state index in [-0.39, 0.29) is 5.75 Å². The molecular weight excluding hydrogens is 286 g/mol. The molecule has 5 nitrogen and oxygen atoms in total. The number of carboxylic acid groups (broad SMARTS) is 1. The van der Waals surface area contributed by atoms with Gasteiger partial charge in [-0.3, -0.25) is 4.79 Å². The molecule has 0 aliphatic heterocycles. The Morgan fingerprint density at radius 1 is 1.33 bits per heavy atom. The van der Waals surface area contributed by atoms with Crippen LogP contribution in [0.2, 0.25) is 0 Å². The maximum absolute atomic E-state index is 10.8. The molecule has 0 unspecified atom stereocenters. The largest absolute Gasteiger partial charge is 0.481 e. The molecule has 6 heteroatoms. The van der Waals surface area contributed by atoms with Crippen molar-refractivity contribution >= 4 is 28.9 Å². The summed E-state index contributed by atoms with van der Waals surface area (Å²) in [6.45, 7) is 7.14. The summed E-state index contributed by atoms with van der Waals surface area (Å²) >= 11 is 1.26. The number of imidazole rings is 1. The molecule has 2 aromatic rings. The SMILES string of the molecule is CCC(CC)Cn1c(SCC(=O)O)nc2ccc(C)nc21. The molecular formula is C15H21N3O2S. The van der Waals surface area contributed by atoms with Crippen LogP contribution < -0.4 is 0 Å². The van der Waals surface area contributed by atoms with Gasteiger partial charge >= 0.3 is 5.97 Å². The third-order valence-electron chi connectivity index (χ3n) is 3.62. The van der Waals surface area contributed by atoms with Gasteiger partial charge in [-0.1, -0.05) is 38.5 Å². The third kappa shape index (κ3) is 3.75. The van der Waals surface area contributed by atoms with E-state index in [1.807, 2.05) is 19.1 Å². The molecule has 1 N–H and O–H groups in total. The Kier molecular flexibility index (Phi) is 5.22. The van der Waals surface area contributed by atoms with Crippen LogP contribution in [0.25, 0.3) is 11.2 Å². The summed E-state index contributed by atoms with van der Waals surface area (Å²) in [5.41, 5.74) is 2.64. The van der Waals surface area contributed by atoms with Crippen molar-refractivity contribution in [2.75, 3.05) is 5.75 Å². The molecule has 0 bridgehead atoms. The van der Waals surface area contributed by atoms with Crippen LogP contribution in [0.3, 0.4) is 0 Å². The molecule has 0 amide bonds. The number of carboxylic acids is 1. The summed E-state index contributed by atoms with van der Waals surface area (Å²) in [6, 6.07) is 3.88. The number of aromatic nitrogens is 3. The second-order valence-electron chi connectivity index (χ2n) is 5.17. The van der Waals surface area contributed by atoms with Crippen molar-refractivity contribution in [3.8, 4) is 0 Å². The minimum Gasteiger partial charge on any atom is -0.481 e. The lowest BCUT2D eigenvalue weighted by atomic mass is 10.0. The molecule has 0 aliphatic rings. The van der Waals surface area contributed by atoms with Gasteiger partial charge in [-0.2, -0.15) is 0 Å². The number of nitrogens with zero attached hydrogens (tertiary/aromatic N) is 3. The minimum atomic E-state index is -0.828. The average molecular weight is 307 g/mol. The maximum Gasteiger partial charge on any atom is 0.313 e. The first-order valence-electron chi connectivity index (χ1n) is 7.23. The van der Waals surface area contributed by atoms with Gasteiger partial charge in [0.15, 0.2) is 10.8 Å². The van der Waals surface area contributed by atoms with Crippen LogP contribution in [0.4, 0.5) is 0 Å². The van der Waals surface area contributed by atoms with Crippen LogP contribution in [0.1, 0.15) is 32.4 Å². The van der Waals surface area contributed by atoms with Crippen LogP contribution in [-0.2, 0) is 11.3 Å². The fraction of sp³-hybridized carbons (Fsp3) is 0.533. The van der Waals surface area contributed by atoms with E-state index in [2.05, 4.69) is 28.4 Å². The van der Waals surface area contributed by atoms with Gasteiger partial charge in [0.25, 0.3) is 0 Å². The van der Waals surface area contributed by atoms with Crippen molar-refractivity contribution in [2.24, 2.45) is 5.92 Å². The smallest absolute Gasteiger partial charge is 0.313 e. The van der Waals surface area contributed by atoms with Gasteiger partial charge in [-0.25, -0.2) is 9.97 Å². The van der Waals surface area contributed by atoms with Crippen LogP contribution in [0, 0.1) is 12.8 Å². The quantitative estimate of drug-likeness (QED) is 0.794. The van der Waals surface area contributed by atoms with E-state index in [4.69, 9.17) is 5.11 Å². The number of carbonyl (C=O) groups is 1. The number of rotatable bonds is 7. The lowest BCUT2D eigenvalue weighted by Crippen LogP contribution is -2.11. The molecule has 0 fully saturated rings. The molecule has 0 aliphatic carbocycles. The fourth-order valence-electron chi connectivity index (χ4n) is 2.28. The van der Waals surface area contributed by atoms with E-state index >= 15 is 0 Å². The summed E-state index contributed by atoms with van der Waals surface area (Å²) in [6.07, 6.45) is 2.18. The fourth-order valence-corrected chi connectivity index (χ4v) is 3.01. The zero-order valence-electron chi connectivity index (χ0n) is 12.7. The molecule has 2 heterocycles. The highest BCUT2D eigenvalue weighted by molar-refractivity contribution is 7.99. The molecule has 0 radical (unpaired) electrons. The Morgan fingerprint density at radius 2 is 2.05 bits per heavy atom. The summed E-state index contributed by atoms with van der Waals surface area (Å²) in [5.74, 6) is -0.259. The number of pyridine rings is 1. The highest BCUT2D eigenvalue weighted by Crippen LogP contribution is 2.25. The minimum absolute atomic E-state index is 0.0191. The zero-order chi connectivity index (χ0) is 15.4. The third-order valence-corrected chi connectivity index (χ3v) is 4.58. The number of aryl methyl sites for hydroxylation is 1. The molecule has 0 saturated heterocycles. The van der Waals surface area contributed by atoms with Crippen LogP contribution in [0.5, 0.6) is 0 Å². The number of hydrogen-bond acceptors (Lipinski definition) is 4. The van der Waals surface area contributed by atoms with Crippen LogP contribution in [-0.4, -0.2) is 31.4 Å². The molecule has 0 saturated carbocycles. The second-order valence-corrected chi connectivity index (χ2v) is 6.11. The van der Waals surface area contributed by atoms with E-state index in [0.717, 1.165) is 41.4 Å². The van der Waals surface area contributed by atoms with Gasteiger partial charge in [0.2, 0.25) is 0 Å². The molecule has 0 spiro atoms. The molecule has 0 atom stereocenters. The summed E-state index contributed by atoms with van der Waals surface area (Å²) in [5, 5.41) is 9.63. The van der Waals surface area contributed by atoms with Crippen molar-refractivity contribution < 1.29 is 9.90 Å². The number of aliphatic carboxylic acids is 1. The Hall–Kier alpha value is -1.56. The highest BCUT2D eigenvalue weighted by atomic mass is 32.2. The highest BCUT2D eigenvalue weighted by Gasteiger charge is 2.16. The topological polar surface area (TPSA) is 68.0 Å². The van der Waals surface area contributed by atoms with E-state index < -0.39 is 5.97 Å². The van der Waals surface area contributed by atoms with Gasteiger partial charge in [0.1, 0.15) is 5.52 Å². The number of fused-ring (bicyclic) bond motifs is 1. The lowest BCUT2D eigenvalue weighted by Gasteiger charge is -2.15. The van der Waals surface area contributed by atoms with Gasteiger partial charge < -0.3 is 9.67 Å². The Bertz CT molecular complexity index is 635. The molecule has 0 aromatic carbocycles. The number of thioether (sulfide) groups is 1. The van der Waals surface area contributed by atoms with Gasteiger partial charge in [-0.05, 0) is 25.0 Å². The average Bonchev–Trinajstić information content (AvgIpc) is 2.79. The maximum atomic E-state index is 10.8. The van der Waals surface area contributed by atoms with E-state index in [1.54, 1.807) is 0 Å². The predicted octanol–water partition coefficient (Wildman–Crippen LogP) is 3.35. The first-order chi connectivity index (χ1) is 10.0. The van der Waals surface area contributed by atoms with Crippen LogP contribution >= 0.6 is 11.8 Å². The predicted molar refractivity (Wildman–Crippen MR) is 84.7 cm³/mol. The van der Waals surface area contributed by atoms with Crippen molar-refractivity contribution in [1.29, 1.82) is 0 Å². The van der Waals surface area contributed by atoms with E-state index in [1.165, 1.54) is 11.8 Å². The summed E-state index contributed by atoms with van der Waals surface area (Å²) in [7, 11) is 0. The number of hydrogen-bond donors (Lipinski definition) is 1. The summed E-state index contributed by atoms with van der Waals surface area (Å²) < 4.78 is 2.08. The summed E-state index contributed by atoms with van der Waals surface area (Å²) in [4.78, 5) is 19.9. The standard InChI is InChI=1S/C15H21N3O2S/c1-4-11(5-2)8-18-14-12(7-6-10(3)16-14)17-15(18)21-9-13(19)20/h6-7,11H,4-5,8-9H2,1-3H3,(H,19,20). The first-order valence-corrected chi connectivity index (χ1v) is 8.22. The van der Waals surface area contributed by atoms with Crippen LogP contribution in [0.15, 0.2) is 17.3 Å². The molecule has 2 aromatic heterocycles. The Labute approximate surface area is 128 Å². The van der Waals surface area contributed by atoms with Gasteiger partial charge in [-0.15, -0.1) is 0 Å². The first kappa shape index (κ1) is 15.8. The van der Waals surface area contributed by atoms with Gasteiger partial charge in [0, 0.05) is 12.2 Å². The Morgan fingerprint density at radius 3 is 2.67 bits per heavy atom.